The third-order valence-corrected chi connectivity index (χ3v) is 2.91. The van der Waals surface area contributed by atoms with Gasteiger partial charge in [-0.25, -0.2) is 9.97 Å². The van der Waals surface area contributed by atoms with E-state index in [4.69, 9.17) is 0 Å². The van der Waals surface area contributed by atoms with Crippen LogP contribution in [-0.2, 0) is 20.1 Å². The summed E-state index contributed by atoms with van der Waals surface area (Å²) < 4.78 is 1.93. The molecule has 2 aromatic heterocycles. The molecule has 0 fully saturated rings. The Morgan fingerprint density at radius 2 is 1.89 bits per heavy atom. The maximum absolute atomic E-state index is 4.37. The first-order chi connectivity index (χ1) is 9.06. The van der Waals surface area contributed by atoms with Crippen molar-refractivity contribution < 1.29 is 0 Å². The fourth-order valence-electron chi connectivity index (χ4n) is 1.80. The minimum atomic E-state index is 0.366. The quantitative estimate of drug-likeness (QED) is 0.812. The Hall–Kier alpha value is -1.82. The molecule has 0 aliphatic heterocycles. The van der Waals surface area contributed by atoms with Crippen LogP contribution in [0.4, 0.5) is 0 Å². The van der Waals surface area contributed by atoms with Gasteiger partial charge in [-0.2, -0.15) is 0 Å². The molecule has 2 heterocycles. The topological polar surface area (TPSA) is 59.7 Å². The molecular formula is C13H20N6. The number of hydrogen-bond acceptors (Lipinski definition) is 5. The molecule has 0 aliphatic rings. The lowest BCUT2D eigenvalue weighted by Gasteiger charge is -2.15. The van der Waals surface area contributed by atoms with Crippen LogP contribution >= 0.6 is 0 Å². The zero-order chi connectivity index (χ0) is 13.8. The van der Waals surface area contributed by atoms with E-state index in [1.54, 1.807) is 6.33 Å². The van der Waals surface area contributed by atoms with Crippen LogP contribution in [0.5, 0.6) is 0 Å². The molecule has 0 amide bonds. The molecule has 102 valence electrons. The van der Waals surface area contributed by atoms with Crippen LogP contribution in [0.1, 0.15) is 37.0 Å². The highest BCUT2D eigenvalue weighted by atomic mass is 15.3. The molecule has 2 rings (SSSR count). The van der Waals surface area contributed by atoms with Gasteiger partial charge in [-0.3, -0.25) is 4.90 Å². The number of rotatable bonds is 5. The van der Waals surface area contributed by atoms with Gasteiger partial charge in [0.15, 0.2) is 0 Å². The molecule has 0 unspecified atom stereocenters. The summed E-state index contributed by atoms with van der Waals surface area (Å²) in [6.45, 7) is 5.73. The molecule has 0 N–H and O–H groups in total. The first-order valence-electron chi connectivity index (χ1n) is 6.38. The van der Waals surface area contributed by atoms with Crippen molar-refractivity contribution in [3.05, 3.63) is 35.9 Å². The van der Waals surface area contributed by atoms with Crippen molar-refractivity contribution in [3.8, 4) is 0 Å². The van der Waals surface area contributed by atoms with Crippen LogP contribution in [0.2, 0.25) is 0 Å². The Bertz CT molecular complexity index is 516. The third kappa shape index (κ3) is 3.57. The summed E-state index contributed by atoms with van der Waals surface area (Å²) in [5.74, 6) is 2.20. The second-order valence-electron chi connectivity index (χ2n) is 5.13. The van der Waals surface area contributed by atoms with Crippen LogP contribution in [0, 0.1) is 0 Å². The fourth-order valence-corrected chi connectivity index (χ4v) is 1.80. The number of aromatic nitrogens is 5. The summed E-state index contributed by atoms with van der Waals surface area (Å²) in [7, 11) is 3.99. The Balaban J connectivity index is 1.95. The molecule has 0 spiro atoms. The van der Waals surface area contributed by atoms with Gasteiger partial charge in [0.1, 0.15) is 18.0 Å². The standard InChI is InChI=1S/C13H20N6/c1-10(2)13-14-5-11(6-15-13)7-18(3)8-12-17-16-9-19(12)4/h5-6,9-10H,7-8H2,1-4H3. The molecule has 6 heteroatoms. The van der Waals surface area contributed by atoms with Crippen molar-refractivity contribution in [2.45, 2.75) is 32.9 Å². The van der Waals surface area contributed by atoms with Crippen LogP contribution in [0.3, 0.4) is 0 Å². The summed E-state index contributed by atoms with van der Waals surface area (Å²) in [5.41, 5.74) is 1.11. The summed E-state index contributed by atoms with van der Waals surface area (Å²) in [6.07, 6.45) is 5.51. The molecule has 2 aromatic rings. The third-order valence-electron chi connectivity index (χ3n) is 2.91. The van der Waals surface area contributed by atoms with E-state index in [0.29, 0.717) is 5.92 Å². The molecule has 0 aliphatic carbocycles. The second-order valence-corrected chi connectivity index (χ2v) is 5.13. The largest absolute Gasteiger partial charge is 0.320 e. The van der Waals surface area contributed by atoms with Gasteiger partial charge in [0, 0.05) is 37.5 Å². The maximum atomic E-state index is 4.37. The van der Waals surface area contributed by atoms with Crippen molar-refractivity contribution >= 4 is 0 Å². The lowest BCUT2D eigenvalue weighted by atomic mass is 10.2. The van der Waals surface area contributed by atoms with Crippen molar-refractivity contribution in [1.29, 1.82) is 0 Å². The SMILES string of the molecule is CC(C)c1ncc(CN(C)Cc2nncn2C)cn1. The van der Waals surface area contributed by atoms with Crippen molar-refractivity contribution in [2.24, 2.45) is 7.05 Å². The predicted octanol–water partition coefficient (Wildman–Crippen LogP) is 1.36. The first-order valence-corrected chi connectivity index (χ1v) is 6.38. The van der Waals surface area contributed by atoms with Crippen LogP contribution < -0.4 is 0 Å². The van der Waals surface area contributed by atoms with Crippen molar-refractivity contribution in [3.63, 3.8) is 0 Å². The van der Waals surface area contributed by atoms with Gasteiger partial charge in [-0.15, -0.1) is 10.2 Å². The minimum absolute atomic E-state index is 0.366. The molecule has 0 radical (unpaired) electrons. The fraction of sp³-hybridized carbons (Fsp3) is 0.538. The van der Waals surface area contributed by atoms with Gasteiger partial charge in [-0.1, -0.05) is 13.8 Å². The van der Waals surface area contributed by atoms with Gasteiger partial charge in [0.25, 0.3) is 0 Å². The zero-order valence-electron chi connectivity index (χ0n) is 11.9. The van der Waals surface area contributed by atoms with E-state index in [0.717, 1.165) is 30.3 Å². The normalized spacial score (nSPS) is 11.5. The first kappa shape index (κ1) is 13.6. The monoisotopic (exact) mass is 260 g/mol. The molecule has 6 nitrogen and oxygen atoms in total. The summed E-state index contributed by atoms with van der Waals surface area (Å²) in [4.78, 5) is 10.9. The van der Waals surface area contributed by atoms with Gasteiger partial charge < -0.3 is 4.57 Å². The molecule has 0 saturated carbocycles. The summed E-state index contributed by atoms with van der Waals surface area (Å²) in [5, 5.41) is 7.95. The number of aryl methyl sites for hydroxylation is 1. The molecule has 19 heavy (non-hydrogen) atoms. The average Bonchev–Trinajstić information content (AvgIpc) is 2.75. The molecule has 0 saturated heterocycles. The highest BCUT2D eigenvalue weighted by molar-refractivity contribution is 5.06. The van der Waals surface area contributed by atoms with Gasteiger partial charge in [0.2, 0.25) is 0 Å². The van der Waals surface area contributed by atoms with Crippen LogP contribution in [-0.4, -0.2) is 36.7 Å². The van der Waals surface area contributed by atoms with Crippen LogP contribution in [0.15, 0.2) is 18.7 Å². The van der Waals surface area contributed by atoms with Gasteiger partial charge in [-0.05, 0) is 7.05 Å². The van der Waals surface area contributed by atoms with E-state index in [2.05, 4.69) is 38.9 Å². The number of hydrogen-bond donors (Lipinski definition) is 0. The van der Waals surface area contributed by atoms with E-state index in [1.807, 2.05) is 31.1 Å². The minimum Gasteiger partial charge on any atom is -0.320 e. The Labute approximate surface area is 113 Å². The lowest BCUT2D eigenvalue weighted by molar-refractivity contribution is 0.305. The lowest BCUT2D eigenvalue weighted by Crippen LogP contribution is -2.20. The molecule has 0 atom stereocenters. The van der Waals surface area contributed by atoms with Crippen LogP contribution in [0.25, 0.3) is 0 Å². The number of nitrogens with zero attached hydrogens (tertiary/aromatic N) is 6. The van der Waals surface area contributed by atoms with Gasteiger partial charge >= 0.3 is 0 Å². The highest BCUT2D eigenvalue weighted by Gasteiger charge is 2.07. The van der Waals surface area contributed by atoms with Gasteiger partial charge in [0.05, 0.1) is 6.54 Å². The maximum Gasteiger partial charge on any atom is 0.146 e. The average molecular weight is 260 g/mol. The Kier molecular flexibility index (Phi) is 4.21. The molecule has 0 bridgehead atoms. The van der Waals surface area contributed by atoms with Crippen molar-refractivity contribution in [1.82, 2.24) is 29.6 Å². The molecular weight excluding hydrogens is 240 g/mol. The summed E-state index contributed by atoms with van der Waals surface area (Å²) >= 11 is 0. The van der Waals surface area contributed by atoms with Crippen molar-refractivity contribution in [2.75, 3.05) is 7.05 Å². The van der Waals surface area contributed by atoms with E-state index >= 15 is 0 Å². The molecule has 0 aromatic carbocycles. The second kappa shape index (κ2) is 5.88. The van der Waals surface area contributed by atoms with E-state index in [1.165, 1.54) is 0 Å². The smallest absolute Gasteiger partial charge is 0.146 e. The highest BCUT2D eigenvalue weighted by Crippen LogP contribution is 2.09. The Morgan fingerprint density at radius 1 is 1.21 bits per heavy atom. The predicted molar refractivity (Wildman–Crippen MR) is 72.3 cm³/mol. The Morgan fingerprint density at radius 3 is 2.42 bits per heavy atom. The summed E-state index contributed by atoms with van der Waals surface area (Å²) in [6, 6.07) is 0. The zero-order valence-corrected chi connectivity index (χ0v) is 11.9. The van der Waals surface area contributed by atoms with E-state index in [-0.39, 0.29) is 0 Å². The van der Waals surface area contributed by atoms with E-state index in [9.17, 15) is 0 Å². The van der Waals surface area contributed by atoms with E-state index < -0.39 is 0 Å².